The van der Waals surface area contributed by atoms with Crippen molar-refractivity contribution >= 4 is 27.5 Å². The lowest BCUT2D eigenvalue weighted by atomic mass is 9.48. The van der Waals surface area contributed by atoms with Crippen molar-refractivity contribution in [3.8, 4) is 0 Å². The summed E-state index contributed by atoms with van der Waals surface area (Å²) in [7, 11) is 0. The van der Waals surface area contributed by atoms with Crippen LogP contribution in [0.4, 0.5) is 18.9 Å². The third-order valence-electron chi connectivity index (χ3n) is 7.81. The van der Waals surface area contributed by atoms with E-state index in [4.69, 9.17) is 0 Å². The fraction of sp³-hybridized carbons (Fsp3) is 0.696. The Hall–Kier alpha value is -1.24. The molecule has 0 N–H and O–H groups in total. The molecule has 164 valence electrons. The van der Waals surface area contributed by atoms with Gasteiger partial charge in [-0.1, -0.05) is 22.0 Å². The summed E-state index contributed by atoms with van der Waals surface area (Å²) in [6, 6.07) is 5.49. The second-order valence-corrected chi connectivity index (χ2v) is 11.9. The maximum Gasteiger partial charge on any atom is 0.416 e. The van der Waals surface area contributed by atoms with E-state index in [0.29, 0.717) is 38.3 Å². The van der Waals surface area contributed by atoms with E-state index in [1.165, 1.54) is 44.2 Å². The van der Waals surface area contributed by atoms with E-state index in [2.05, 4.69) is 15.9 Å². The molecule has 1 aromatic rings. The second-order valence-electron chi connectivity index (χ2n) is 10.2. The smallest absolute Gasteiger partial charge is 0.368 e. The number of hydrogen-bond acceptors (Lipinski definition) is 2. The molecule has 1 saturated heterocycles. The minimum absolute atomic E-state index is 0.156. The van der Waals surface area contributed by atoms with Crippen molar-refractivity contribution in [1.82, 2.24) is 4.90 Å². The Bertz CT molecular complexity index is 820. The van der Waals surface area contributed by atoms with Crippen LogP contribution in [0, 0.1) is 17.3 Å². The van der Waals surface area contributed by atoms with Gasteiger partial charge in [-0.3, -0.25) is 4.79 Å². The van der Waals surface area contributed by atoms with Crippen molar-refractivity contribution in [3.05, 3.63) is 29.8 Å². The van der Waals surface area contributed by atoms with Gasteiger partial charge < -0.3 is 9.80 Å². The minimum Gasteiger partial charge on any atom is -0.368 e. The highest BCUT2D eigenvalue weighted by Gasteiger charge is 2.57. The molecule has 5 fully saturated rings. The Balaban J connectivity index is 1.21. The molecule has 0 spiro atoms. The summed E-state index contributed by atoms with van der Waals surface area (Å²) in [6.07, 6.45) is 3.64. The molecule has 6 rings (SSSR count). The van der Waals surface area contributed by atoms with E-state index in [0.717, 1.165) is 24.3 Å². The van der Waals surface area contributed by atoms with Crippen LogP contribution in [0.5, 0.6) is 0 Å². The lowest BCUT2D eigenvalue weighted by Crippen LogP contribution is -2.55. The van der Waals surface area contributed by atoms with E-state index < -0.39 is 11.7 Å². The highest BCUT2D eigenvalue weighted by molar-refractivity contribution is 9.10. The van der Waals surface area contributed by atoms with Crippen molar-refractivity contribution < 1.29 is 18.0 Å². The van der Waals surface area contributed by atoms with Gasteiger partial charge in [0.15, 0.2) is 0 Å². The zero-order valence-electron chi connectivity index (χ0n) is 17.1. The monoisotopic (exact) mass is 484 g/mol. The molecule has 1 aromatic carbocycles. The van der Waals surface area contributed by atoms with Crippen LogP contribution in [-0.2, 0) is 11.0 Å². The molecule has 0 radical (unpaired) electrons. The van der Waals surface area contributed by atoms with Crippen LogP contribution in [0.2, 0.25) is 0 Å². The van der Waals surface area contributed by atoms with Crippen molar-refractivity contribution in [2.75, 3.05) is 31.1 Å². The summed E-state index contributed by atoms with van der Waals surface area (Å²) >= 11 is 4.02. The number of alkyl halides is 4. The average molecular weight is 485 g/mol. The van der Waals surface area contributed by atoms with Crippen LogP contribution in [-0.4, -0.2) is 41.3 Å². The second kappa shape index (κ2) is 7.14. The van der Waals surface area contributed by atoms with Gasteiger partial charge in [0.2, 0.25) is 5.91 Å². The summed E-state index contributed by atoms with van der Waals surface area (Å²) in [6.45, 7) is 2.32. The maximum absolute atomic E-state index is 13.2. The number of hydrogen-bond donors (Lipinski definition) is 0. The van der Waals surface area contributed by atoms with Gasteiger partial charge in [-0.2, -0.15) is 13.2 Å². The SMILES string of the molecule is O=C(CC12CC3CC(CC(Br)(C3)C1)C2)N1CCN(c2cccc(C(F)(F)F)c2)CC1. The molecule has 7 heteroatoms. The summed E-state index contributed by atoms with van der Waals surface area (Å²) in [5.41, 5.74) is 0.117. The minimum atomic E-state index is -4.33. The molecule has 5 aliphatic rings. The van der Waals surface area contributed by atoms with Gasteiger partial charge in [0.05, 0.1) is 5.56 Å². The first-order valence-electron chi connectivity index (χ1n) is 11.0. The third-order valence-corrected chi connectivity index (χ3v) is 8.74. The van der Waals surface area contributed by atoms with Gasteiger partial charge in [0.25, 0.3) is 0 Å². The summed E-state index contributed by atoms with van der Waals surface area (Å²) in [4.78, 5) is 17.0. The van der Waals surface area contributed by atoms with E-state index in [-0.39, 0.29) is 15.6 Å². The average Bonchev–Trinajstić information content (AvgIpc) is 2.65. The number of amides is 1. The summed E-state index contributed by atoms with van der Waals surface area (Å²) < 4.78 is 39.3. The van der Waals surface area contributed by atoms with Crippen LogP contribution in [0.3, 0.4) is 0 Å². The Morgan fingerprint density at radius 1 is 1.07 bits per heavy atom. The highest BCUT2D eigenvalue weighted by atomic mass is 79.9. The van der Waals surface area contributed by atoms with Crippen molar-refractivity contribution in [2.45, 2.75) is 55.4 Å². The number of anilines is 1. The molecule has 4 saturated carbocycles. The number of rotatable bonds is 3. The van der Waals surface area contributed by atoms with Crippen LogP contribution in [0.1, 0.15) is 50.5 Å². The van der Waals surface area contributed by atoms with Gasteiger partial charge in [-0.25, -0.2) is 0 Å². The zero-order valence-corrected chi connectivity index (χ0v) is 18.6. The van der Waals surface area contributed by atoms with Gasteiger partial charge in [0, 0.05) is 42.6 Å². The molecule has 1 aliphatic heterocycles. The van der Waals surface area contributed by atoms with Crippen molar-refractivity contribution in [2.24, 2.45) is 17.3 Å². The van der Waals surface area contributed by atoms with Gasteiger partial charge in [0.1, 0.15) is 0 Å². The van der Waals surface area contributed by atoms with Crippen molar-refractivity contribution in [1.29, 1.82) is 0 Å². The number of carbonyl (C=O) groups is 1. The van der Waals surface area contributed by atoms with Crippen LogP contribution < -0.4 is 4.90 Å². The lowest BCUT2D eigenvalue weighted by molar-refractivity contribution is -0.139. The molecule has 0 aromatic heterocycles. The standard InChI is InChI=1S/C23H28BrF3N2O/c24-22-12-16-8-17(13-22)11-21(10-16,15-22)14-20(30)29-6-4-28(5-7-29)19-3-1-2-18(9-19)23(25,26)27/h1-3,9,16-17H,4-8,10-15H2. The topological polar surface area (TPSA) is 23.6 Å². The Morgan fingerprint density at radius 3 is 2.33 bits per heavy atom. The molecule has 3 nitrogen and oxygen atoms in total. The summed E-state index contributed by atoms with van der Waals surface area (Å²) in [5, 5.41) is 0. The van der Waals surface area contributed by atoms with E-state index >= 15 is 0 Å². The van der Waals surface area contributed by atoms with Gasteiger partial charge in [-0.05, 0) is 74.0 Å². The fourth-order valence-electron chi connectivity index (χ4n) is 7.07. The molecule has 1 heterocycles. The number of carbonyl (C=O) groups excluding carboxylic acids is 1. The molecule has 30 heavy (non-hydrogen) atoms. The summed E-state index contributed by atoms with van der Waals surface area (Å²) in [5.74, 6) is 1.75. The third kappa shape index (κ3) is 3.87. The van der Waals surface area contributed by atoms with E-state index in [1.807, 2.05) is 9.80 Å². The predicted octanol–water partition coefficient (Wildman–Crippen LogP) is 5.48. The Morgan fingerprint density at radius 2 is 1.73 bits per heavy atom. The Labute approximate surface area is 184 Å². The largest absolute Gasteiger partial charge is 0.416 e. The van der Waals surface area contributed by atoms with E-state index in [1.54, 1.807) is 6.07 Å². The number of halogens is 4. The molecular weight excluding hydrogens is 457 g/mol. The molecule has 4 bridgehead atoms. The van der Waals surface area contributed by atoms with Crippen molar-refractivity contribution in [3.63, 3.8) is 0 Å². The molecule has 4 aliphatic carbocycles. The van der Waals surface area contributed by atoms with Crippen LogP contribution in [0.25, 0.3) is 0 Å². The van der Waals surface area contributed by atoms with Gasteiger partial charge in [-0.15, -0.1) is 0 Å². The quantitative estimate of drug-likeness (QED) is 0.530. The first-order chi connectivity index (χ1) is 14.1. The number of benzene rings is 1. The number of piperazine rings is 1. The zero-order chi connectivity index (χ0) is 21.1. The first-order valence-corrected chi connectivity index (χ1v) is 11.8. The van der Waals surface area contributed by atoms with E-state index in [9.17, 15) is 18.0 Å². The molecular formula is C23H28BrF3N2O. The molecule has 2 unspecified atom stereocenters. The molecule has 1 amide bonds. The lowest BCUT2D eigenvalue weighted by Gasteiger charge is -2.60. The predicted molar refractivity (Wildman–Crippen MR) is 114 cm³/mol. The first kappa shape index (κ1) is 20.7. The maximum atomic E-state index is 13.2. The Kier molecular flexibility index (Phi) is 4.92. The fourth-order valence-corrected chi connectivity index (χ4v) is 8.58. The van der Waals surface area contributed by atoms with Crippen LogP contribution in [0.15, 0.2) is 24.3 Å². The van der Waals surface area contributed by atoms with Crippen LogP contribution >= 0.6 is 15.9 Å². The number of nitrogens with zero attached hydrogens (tertiary/aromatic N) is 2. The normalized spacial score (nSPS) is 35.7. The molecule has 2 atom stereocenters. The highest BCUT2D eigenvalue weighted by Crippen LogP contribution is 2.65. The van der Waals surface area contributed by atoms with Gasteiger partial charge >= 0.3 is 6.18 Å².